The normalized spacial score (nSPS) is 39.2. The first kappa shape index (κ1) is 13.4. The van der Waals surface area contributed by atoms with Gasteiger partial charge in [-0.3, -0.25) is 4.79 Å². The van der Waals surface area contributed by atoms with E-state index in [1.807, 2.05) is 0 Å². The van der Waals surface area contributed by atoms with Gasteiger partial charge in [0.2, 0.25) is 5.91 Å². The van der Waals surface area contributed by atoms with Crippen molar-refractivity contribution in [2.45, 2.75) is 44.6 Å². The van der Waals surface area contributed by atoms with Crippen molar-refractivity contribution in [1.29, 1.82) is 0 Å². The van der Waals surface area contributed by atoms with Gasteiger partial charge in [-0.2, -0.15) is 0 Å². The van der Waals surface area contributed by atoms with Crippen LogP contribution in [0.2, 0.25) is 0 Å². The molecular formula is C15H27N3O. The van der Waals surface area contributed by atoms with Crippen LogP contribution in [0.5, 0.6) is 0 Å². The Labute approximate surface area is 116 Å². The second-order valence-corrected chi connectivity index (χ2v) is 6.72. The van der Waals surface area contributed by atoms with Crippen LogP contribution in [0.3, 0.4) is 0 Å². The Bertz CT molecular complexity index is 346. The van der Waals surface area contributed by atoms with Crippen molar-refractivity contribution >= 4 is 5.91 Å². The highest BCUT2D eigenvalue weighted by molar-refractivity contribution is 5.84. The zero-order valence-electron chi connectivity index (χ0n) is 12.1. The van der Waals surface area contributed by atoms with Gasteiger partial charge in [0.25, 0.3) is 0 Å². The highest BCUT2D eigenvalue weighted by atomic mass is 16.2. The Balaban J connectivity index is 1.59. The van der Waals surface area contributed by atoms with Gasteiger partial charge in [-0.15, -0.1) is 0 Å². The molecule has 2 N–H and O–H groups in total. The van der Waals surface area contributed by atoms with Crippen LogP contribution in [-0.4, -0.2) is 50.1 Å². The Morgan fingerprint density at radius 2 is 2.26 bits per heavy atom. The first-order chi connectivity index (χ1) is 9.22. The second kappa shape index (κ2) is 5.41. The monoisotopic (exact) mass is 265 g/mol. The standard InChI is InChI=1S/C15H27N3O/c1-18-8-4-6-13(18)10-17-14(19)15-7-3-2-5-12(15)9-16-11-15/h12-13,16H,2-11H2,1H3,(H,17,19)/t12-,13?,15+/m0/s1. The molecule has 2 aliphatic heterocycles. The number of likely N-dealkylation sites (tertiary alicyclic amines) is 1. The summed E-state index contributed by atoms with van der Waals surface area (Å²) in [4.78, 5) is 15.1. The lowest BCUT2D eigenvalue weighted by molar-refractivity contribution is -0.134. The van der Waals surface area contributed by atoms with E-state index in [4.69, 9.17) is 0 Å². The van der Waals surface area contributed by atoms with Crippen molar-refractivity contribution in [2.75, 3.05) is 33.2 Å². The van der Waals surface area contributed by atoms with E-state index >= 15 is 0 Å². The maximum atomic E-state index is 12.7. The van der Waals surface area contributed by atoms with E-state index in [1.165, 1.54) is 38.6 Å². The summed E-state index contributed by atoms with van der Waals surface area (Å²) in [7, 11) is 2.17. The zero-order chi connectivity index (χ0) is 13.3. The molecule has 2 heterocycles. The van der Waals surface area contributed by atoms with Crippen LogP contribution in [0.4, 0.5) is 0 Å². The summed E-state index contributed by atoms with van der Waals surface area (Å²) in [5, 5.41) is 6.72. The van der Waals surface area contributed by atoms with E-state index < -0.39 is 0 Å². The van der Waals surface area contributed by atoms with Gasteiger partial charge in [0.15, 0.2) is 0 Å². The summed E-state index contributed by atoms with van der Waals surface area (Å²) in [6.45, 7) is 3.94. The largest absolute Gasteiger partial charge is 0.354 e. The molecule has 1 amide bonds. The second-order valence-electron chi connectivity index (χ2n) is 6.72. The van der Waals surface area contributed by atoms with Crippen molar-refractivity contribution in [1.82, 2.24) is 15.5 Å². The van der Waals surface area contributed by atoms with Crippen LogP contribution in [0, 0.1) is 11.3 Å². The fourth-order valence-corrected chi connectivity index (χ4v) is 4.31. The van der Waals surface area contributed by atoms with Crippen LogP contribution in [-0.2, 0) is 4.79 Å². The number of nitrogens with one attached hydrogen (secondary N) is 2. The third-order valence-electron chi connectivity index (χ3n) is 5.66. The SMILES string of the molecule is CN1CCCC1CNC(=O)[C@@]12CCCC[C@H]1CNC2. The molecule has 1 unspecified atom stereocenters. The number of hydrogen-bond donors (Lipinski definition) is 2. The van der Waals surface area contributed by atoms with E-state index in [2.05, 4.69) is 22.6 Å². The molecule has 1 aliphatic carbocycles. The molecule has 0 aromatic heterocycles. The summed E-state index contributed by atoms with van der Waals surface area (Å²) in [5.41, 5.74) is -0.0879. The first-order valence-corrected chi connectivity index (χ1v) is 7.92. The van der Waals surface area contributed by atoms with Crippen LogP contribution in [0.1, 0.15) is 38.5 Å². The van der Waals surface area contributed by atoms with Crippen molar-refractivity contribution in [3.8, 4) is 0 Å². The van der Waals surface area contributed by atoms with Gasteiger partial charge >= 0.3 is 0 Å². The van der Waals surface area contributed by atoms with Gasteiger partial charge in [-0.25, -0.2) is 0 Å². The zero-order valence-corrected chi connectivity index (χ0v) is 12.1. The van der Waals surface area contributed by atoms with Crippen LogP contribution < -0.4 is 10.6 Å². The van der Waals surface area contributed by atoms with E-state index in [9.17, 15) is 4.79 Å². The summed E-state index contributed by atoms with van der Waals surface area (Å²) < 4.78 is 0. The lowest BCUT2D eigenvalue weighted by atomic mass is 9.67. The van der Waals surface area contributed by atoms with E-state index in [-0.39, 0.29) is 5.41 Å². The Kier molecular flexibility index (Phi) is 3.81. The van der Waals surface area contributed by atoms with E-state index in [0.717, 1.165) is 26.1 Å². The molecule has 0 aromatic carbocycles. The number of fused-ring (bicyclic) bond motifs is 1. The molecule has 4 nitrogen and oxygen atoms in total. The van der Waals surface area contributed by atoms with Crippen molar-refractivity contribution in [3.63, 3.8) is 0 Å². The van der Waals surface area contributed by atoms with E-state index in [0.29, 0.717) is 17.9 Å². The number of carbonyl (C=O) groups excluding carboxylic acids is 1. The molecule has 0 aromatic rings. The molecule has 3 fully saturated rings. The van der Waals surface area contributed by atoms with E-state index in [1.54, 1.807) is 0 Å². The number of hydrogen-bond acceptors (Lipinski definition) is 3. The fourth-order valence-electron chi connectivity index (χ4n) is 4.31. The highest BCUT2D eigenvalue weighted by Crippen LogP contribution is 2.43. The number of rotatable bonds is 3. The lowest BCUT2D eigenvalue weighted by Crippen LogP contribution is -2.50. The van der Waals surface area contributed by atoms with Crippen molar-refractivity contribution < 1.29 is 4.79 Å². The predicted octanol–water partition coefficient (Wildman–Crippen LogP) is 0.977. The molecule has 0 radical (unpaired) electrons. The van der Waals surface area contributed by atoms with Crippen LogP contribution in [0.25, 0.3) is 0 Å². The molecule has 2 saturated heterocycles. The molecule has 19 heavy (non-hydrogen) atoms. The van der Waals surface area contributed by atoms with Gasteiger partial charge in [0.1, 0.15) is 0 Å². The van der Waals surface area contributed by atoms with Crippen LogP contribution in [0.15, 0.2) is 0 Å². The minimum absolute atomic E-state index is 0.0879. The number of likely N-dealkylation sites (N-methyl/N-ethyl adjacent to an activating group) is 1. The molecule has 1 saturated carbocycles. The van der Waals surface area contributed by atoms with Gasteiger partial charge in [-0.1, -0.05) is 12.8 Å². The Hall–Kier alpha value is -0.610. The summed E-state index contributed by atoms with van der Waals surface area (Å²) in [6, 6.07) is 0.553. The third-order valence-corrected chi connectivity index (χ3v) is 5.66. The van der Waals surface area contributed by atoms with Gasteiger partial charge < -0.3 is 15.5 Å². The maximum absolute atomic E-state index is 12.7. The van der Waals surface area contributed by atoms with Crippen LogP contribution >= 0.6 is 0 Å². The first-order valence-electron chi connectivity index (χ1n) is 7.92. The number of nitrogens with zero attached hydrogens (tertiary/aromatic N) is 1. The molecular weight excluding hydrogens is 238 g/mol. The van der Waals surface area contributed by atoms with Gasteiger partial charge in [-0.05, 0) is 51.7 Å². The fraction of sp³-hybridized carbons (Fsp3) is 0.933. The molecule has 3 atom stereocenters. The van der Waals surface area contributed by atoms with Crippen molar-refractivity contribution in [2.24, 2.45) is 11.3 Å². The average molecular weight is 265 g/mol. The topological polar surface area (TPSA) is 44.4 Å². The van der Waals surface area contributed by atoms with Crippen molar-refractivity contribution in [3.05, 3.63) is 0 Å². The average Bonchev–Trinajstić information content (AvgIpc) is 3.02. The molecule has 0 bridgehead atoms. The van der Waals surface area contributed by atoms with Gasteiger partial charge in [0, 0.05) is 19.1 Å². The third kappa shape index (κ3) is 2.40. The highest BCUT2D eigenvalue weighted by Gasteiger charge is 2.49. The minimum atomic E-state index is -0.0879. The quantitative estimate of drug-likeness (QED) is 0.799. The lowest BCUT2D eigenvalue weighted by Gasteiger charge is -2.37. The number of carbonyl (C=O) groups is 1. The van der Waals surface area contributed by atoms with Gasteiger partial charge in [0.05, 0.1) is 5.41 Å². The molecule has 3 aliphatic rings. The summed E-state index contributed by atoms with van der Waals surface area (Å²) in [6.07, 6.45) is 7.32. The molecule has 108 valence electrons. The Morgan fingerprint density at radius 3 is 3.05 bits per heavy atom. The smallest absolute Gasteiger partial charge is 0.227 e. The number of amides is 1. The Morgan fingerprint density at radius 1 is 1.37 bits per heavy atom. The summed E-state index contributed by atoms with van der Waals surface area (Å²) in [5.74, 6) is 0.894. The molecule has 0 spiro atoms. The molecule has 3 rings (SSSR count). The summed E-state index contributed by atoms with van der Waals surface area (Å²) >= 11 is 0. The molecule has 4 heteroatoms. The maximum Gasteiger partial charge on any atom is 0.227 e. The predicted molar refractivity (Wildman–Crippen MR) is 75.9 cm³/mol. The minimum Gasteiger partial charge on any atom is -0.354 e.